The van der Waals surface area contributed by atoms with E-state index in [4.69, 9.17) is 11.6 Å². The molecule has 1 saturated carbocycles. The molecule has 0 aliphatic heterocycles. The largest absolute Gasteiger partial charge is 0.416 e. The second-order valence-corrected chi connectivity index (χ2v) is 6.62. The van der Waals surface area contributed by atoms with E-state index in [-0.39, 0.29) is 22.6 Å². The zero-order valence-corrected chi connectivity index (χ0v) is 14.1. The zero-order valence-electron chi connectivity index (χ0n) is 13.4. The number of alkyl halides is 3. The minimum Gasteiger partial charge on any atom is -0.393 e. The Labute approximate surface area is 151 Å². The first-order valence-electron chi connectivity index (χ1n) is 7.96. The van der Waals surface area contributed by atoms with Crippen LogP contribution >= 0.6 is 11.6 Å². The van der Waals surface area contributed by atoms with Gasteiger partial charge in [0.2, 0.25) is 5.15 Å². The van der Waals surface area contributed by atoms with E-state index in [0.717, 1.165) is 18.2 Å². The molecule has 0 spiro atoms. The number of nitrogens with one attached hydrogen (secondary N) is 1. The lowest BCUT2D eigenvalue weighted by molar-refractivity contribution is -0.384. The number of aliphatic hydroxyl groups is 1. The normalized spacial score (nSPS) is 21.0. The lowest BCUT2D eigenvalue weighted by Gasteiger charge is -2.27. The van der Waals surface area contributed by atoms with E-state index in [0.29, 0.717) is 25.7 Å². The van der Waals surface area contributed by atoms with Gasteiger partial charge in [0.15, 0.2) is 0 Å². The van der Waals surface area contributed by atoms with E-state index >= 15 is 0 Å². The Morgan fingerprint density at radius 1 is 1.27 bits per heavy atom. The molecule has 1 fully saturated rings. The highest BCUT2D eigenvalue weighted by Crippen LogP contribution is 2.40. The molecule has 0 saturated heterocycles. The fraction of sp³-hybridized carbons (Fsp3) is 0.438. The van der Waals surface area contributed by atoms with E-state index in [1.54, 1.807) is 0 Å². The number of fused-ring (bicyclic) bond motifs is 1. The molecule has 3 rings (SSSR count). The quantitative estimate of drug-likeness (QED) is 0.457. The van der Waals surface area contributed by atoms with Crippen LogP contribution in [0.4, 0.5) is 24.5 Å². The topological polar surface area (TPSA) is 88.3 Å². The molecular formula is C16H15ClF3N3O3. The third-order valence-corrected chi connectivity index (χ3v) is 4.74. The summed E-state index contributed by atoms with van der Waals surface area (Å²) in [5.41, 5.74) is -1.40. The highest BCUT2D eigenvalue weighted by atomic mass is 35.5. The predicted molar refractivity (Wildman–Crippen MR) is 90.3 cm³/mol. The van der Waals surface area contributed by atoms with Gasteiger partial charge in [0, 0.05) is 11.4 Å². The minimum atomic E-state index is -4.56. The van der Waals surface area contributed by atoms with Crippen molar-refractivity contribution in [2.45, 2.75) is 44.0 Å². The Morgan fingerprint density at radius 3 is 2.50 bits per heavy atom. The fourth-order valence-corrected chi connectivity index (χ4v) is 3.39. The summed E-state index contributed by atoms with van der Waals surface area (Å²) in [6.07, 6.45) is -2.71. The van der Waals surface area contributed by atoms with Crippen molar-refractivity contribution < 1.29 is 23.2 Å². The van der Waals surface area contributed by atoms with Gasteiger partial charge in [0.1, 0.15) is 5.69 Å². The smallest absolute Gasteiger partial charge is 0.393 e. The predicted octanol–water partition coefficient (Wildman–Crippen LogP) is 4.53. The minimum absolute atomic E-state index is 0.0557. The number of rotatable bonds is 3. The van der Waals surface area contributed by atoms with E-state index < -0.39 is 33.6 Å². The Morgan fingerprint density at radius 2 is 1.92 bits per heavy atom. The average Bonchev–Trinajstić information content (AvgIpc) is 2.55. The molecule has 26 heavy (non-hydrogen) atoms. The van der Waals surface area contributed by atoms with Gasteiger partial charge in [-0.3, -0.25) is 10.1 Å². The number of pyridine rings is 1. The summed E-state index contributed by atoms with van der Waals surface area (Å²) in [6.45, 7) is 0. The number of halogens is 4. The zero-order chi connectivity index (χ0) is 19.1. The summed E-state index contributed by atoms with van der Waals surface area (Å²) in [4.78, 5) is 14.5. The van der Waals surface area contributed by atoms with Crippen LogP contribution in [0.5, 0.6) is 0 Å². The first-order chi connectivity index (χ1) is 12.2. The van der Waals surface area contributed by atoms with Crippen LogP contribution in [-0.2, 0) is 6.18 Å². The second kappa shape index (κ2) is 6.88. The summed E-state index contributed by atoms with van der Waals surface area (Å²) in [5, 5.41) is 23.8. The molecule has 1 aliphatic rings. The van der Waals surface area contributed by atoms with Gasteiger partial charge < -0.3 is 10.4 Å². The van der Waals surface area contributed by atoms with Gasteiger partial charge in [-0.1, -0.05) is 11.6 Å². The van der Waals surface area contributed by atoms with Crippen LogP contribution in [0.1, 0.15) is 31.2 Å². The molecule has 1 aromatic heterocycles. The van der Waals surface area contributed by atoms with Gasteiger partial charge in [0.05, 0.1) is 22.1 Å². The van der Waals surface area contributed by atoms with Gasteiger partial charge in [0.25, 0.3) is 0 Å². The van der Waals surface area contributed by atoms with E-state index in [2.05, 4.69) is 10.3 Å². The van der Waals surface area contributed by atoms with Crippen molar-refractivity contribution in [1.29, 1.82) is 0 Å². The monoisotopic (exact) mass is 389 g/mol. The van der Waals surface area contributed by atoms with Crippen LogP contribution in [0.15, 0.2) is 18.2 Å². The van der Waals surface area contributed by atoms with Gasteiger partial charge in [-0.05, 0) is 43.9 Å². The van der Waals surface area contributed by atoms with Crippen molar-refractivity contribution in [1.82, 2.24) is 4.98 Å². The van der Waals surface area contributed by atoms with Crippen LogP contribution in [-0.4, -0.2) is 27.2 Å². The van der Waals surface area contributed by atoms with E-state index in [1.165, 1.54) is 0 Å². The molecule has 140 valence electrons. The van der Waals surface area contributed by atoms with Crippen molar-refractivity contribution in [3.8, 4) is 0 Å². The molecule has 0 bridgehead atoms. The van der Waals surface area contributed by atoms with Crippen LogP contribution in [0.2, 0.25) is 5.15 Å². The molecular weight excluding hydrogens is 375 g/mol. The highest BCUT2D eigenvalue weighted by Gasteiger charge is 2.32. The Hall–Kier alpha value is -2.13. The Kier molecular flexibility index (Phi) is 4.94. The maximum atomic E-state index is 12.9. The average molecular weight is 390 g/mol. The number of hydrogen-bond acceptors (Lipinski definition) is 5. The summed E-state index contributed by atoms with van der Waals surface area (Å²) in [5.74, 6) is 0. The van der Waals surface area contributed by atoms with E-state index in [1.807, 2.05) is 0 Å². The van der Waals surface area contributed by atoms with Crippen LogP contribution in [0, 0.1) is 10.1 Å². The first-order valence-corrected chi connectivity index (χ1v) is 8.34. The van der Waals surface area contributed by atoms with Crippen LogP contribution in [0.25, 0.3) is 10.9 Å². The van der Waals surface area contributed by atoms with Gasteiger partial charge in [-0.2, -0.15) is 13.2 Å². The molecule has 2 aromatic rings. The molecule has 1 aromatic carbocycles. The standard InChI is InChI=1S/C16H15ClF3N3O3/c17-15-14(23(25)26)13(21-9-2-4-10(24)5-3-9)11-6-1-8(16(18,19)20)7-12(11)22-15/h1,6-7,9-10,24H,2-5H2,(H,21,22)/t9-,10-. The molecule has 10 heteroatoms. The number of nitrogens with zero attached hydrogens (tertiary/aromatic N) is 2. The van der Waals surface area contributed by atoms with Gasteiger partial charge in [-0.25, -0.2) is 4.98 Å². The van der Waals surface area contributed by atoms with Crippen molar-refractivity contribution in [2.24, 2.45) is 0 Å². The number of hydrogen-bond donors (Lipinski definition) is 2. The van der Waals surface area contributed by atoms with Crippen LogP contribution < -0.4 is 5.32 Å². The Balaban J connectivity index is 2.10. The molecule has 0 amide bonds. The van der Waals surface area contributed by atoms with Crippen molar-refractivity contribution >= 4 is 33.9 Å². The maximum Gasteiger partial charge on any atom is 0.416 e. The highest BCUT2D eigenvalue weighted by molar-refractivity contribution is 6.33. The Bertz CT molecular complexity index is 852. The summed E-state index contributed by atoms with van der Waals surface area (Å²) < 4.78 is 38.8. The molecule has 0 atom stereocenters. The maximum absolute atomic E-state index is 12.9. The number of aliphatic hydroxyl groups excluding tert-OH is 1. The molecule has 6 nitrogen and oxygen atoms in total. The summed E-state index contributed by atoms with van der Waals surface area (Å²) in [7, 11) is 0. The van der Waals surface area contributed by atoms with Gasteiger partial charge >= 0.3 is 11.9 Å². The molecule has 2 N–H and O–H groups in total. The van der Waals surface area contributed by atoms with Crippen molar-refractivity contribution in [2.75, 3.05) is 5.32 Å². The number of benzene rings is 1. The van der Waals surface area contributed by atoms with Crippen LogP contribution in [0.3, 0.4) is 0 Å². The van der Waals surface area contributed by atoms with Crippen molar-refractivity contribution in [3.63, 3.8) is 0 Å². The molecule has 1 aliphatic carbocycles. The molecule has 1 heterocycles. The summed E-state index contributed by atoms with van der Waals surface area (Å²) in [6, 6.07) is 2.69. The number of nitro groups is 1. The van der Waals surface area contributed by atoms with Gasteiger partial charge in [-0.15, -0.1) is 0 Å². The molecule has 0 unspecified atom stereocenters. The van der Waals surface area contributed by atoms with Crippen molar-refractivity contribution in [3.05, 3.63) is 39.0 Å². The lowest BCUT2D eigenvalue weighted by atomic mass is 9.92. The third kappa shape index (κ3) is 3.68. The fourth-order valence-electron chi connectivity index (χ4n) is 3.14. The lowest BCUT2D eigenvalue weighted by Crippen LogP contribution is -2.28. The summed E-state index contributed by atoms with van der Waals surface area (Å²) >= 11 is 5.90. The number of anilines is 1. The third-order valence-electron chi connectivity index (χ3n) is 4.47. The van der Waals surface area contributed by atoms with E-state index in [9.17, 15) is 28.4 Å². The second-order valence-electron chi connectivity index (χ2n) is 6.26. The SMILES string of the molecule is O=[N+]([O-])c1c(Cl)nc2cc(C(F)(F)F)ccc2c1N[C@H]1CC[C@H](O)CC1. The molecule has 0 radical (unpaired) electrons. The first kappa shape index (κ1) is 18.7. The number of aromatic nitrogens is 1.